The molecule has 0 saturated heterocycles. The molecule has 5 nitrogen and oxygen atoms in total. The standard InChI is InChI=1S/C23H18N4O/c24-13-21-7-6-20(12-22(21)14-27-17-25-16-26-27)19-8-10-23(11-9-19)28-15-18-4-2-1-3-5-18/h1-12,16-17H,14-15H2. The highest BCUT2D eigenvalue weighted by Gasteiger charge is 2.07. The molecule has 1 heterocycles. The molecule has 3 aromatic carbocycles. The van der Waals surface area contributed by atoms with E-state index in [1.54, 1.807) is 11.0 Å². The van der Waals surface area contributed by atoms with Crippen LogP contribution in [0.5, 0.6) is 5.75 Å². The fourth-order valence-electron chi connectivity index (χ4n) is 2.99. The zero-order valence-electron chi connectivity index (χ0n) is 15.2. The van der Waals surface area contributed by atoms with Crippen LogP contribution in [0.2, 0.25) is 0 Å². The van der Waals surface area contributed by atoms with Crippen molar-refractivity contribution in [1.29, 1.82) is 5.26 Å². The lowest BCUT2D eigenvalue weighted by Crippen LogP contribution is -2.02. The predicted octanol–water partition coefficient (Wildman–Crippen LogP) is 4.44. The SMILES string of the molecule is N#Cc1ccc(-c2ccc(OCc3ccccc3)cc2)cc1Cn1cncn1. The Kier molecular flexibility index (Phi) is 5.12. The maximum absolute atomic E-state index is 9.39. The van der Waals surface area contributed by atoms with E-state index >= 15 is 0 Å². The highest BCUT2D eigenvalue weighted by molar-refractivity contribution is 5.66. The molecule has 0 aliphatic carbocycles. The first-order chi connectivity index (χ1) is 13.8. The van der Waals surface area contributed by atoms with E-state index in [0.717, 1.165) is 28.0 Å². The van der Waals surface area contributed by atoms with E-state index < -0.39 is 0 Å². The lowest BCUT2D eigenvalue weighted by atomic mass is 9.99. The van der Waals surface area contributed by atoms with Gasteiger partial charge in [0.05, 0.1) is 18.2 Å². The molecule has 0 N–H and O–H groups in total. The Hall–Kier alpha value is -3.91. The molecular weight excluding hydrogens is 348 g/mol. The van der Waals surface area contributed by atoms with Crippen molar-refractivity contribution >= 4 is 0 Å². The number of ether oxygens (including phenoxy) is 1. The first-order valence-electron chi connectivity index (χ1n) is 8.94. The Morgan fingerprint density at radius 1 is 0.929 bits per heavy atom. The second kappa shape index (κ2) is 8.19. The van der Waals surface area contributed by atoms with Crippen LogP contribution in [0.25, 0.3) is 11.1 Å². The van der Waals surface area contributed by atoms with Gasteiger partial charge < -0.3 is 4.74 Å². The summed E-state index contributed by atoms with van der Waals surface area (Å²) in [4.78, 5) is 3.96. The summed E-state index contributed by atoms with van der Waals surface area (Å²) < 4.78 is 7.56. The molecule has 0 amide bonds. The third-order valence-corrected chi connectivity index (χ3v) is 4.46. The molecule has 4 aromatic rings. The average Bonchev–Trinajstić information content (AvgIpc) is 3.26. The Morgan fingerprint density at radius 3 is 2.43 bits per heavy atom. The van der Waals surface area contributed by atoms with E-state index in [1.165, 1.54) is 6.33 Å². The molecule has 0 atom stereocenters. The Labute approximate surface area is 163 Å². The van der Waals surface area contributed by atoms with Crippen LogP contribution < -0.4 is 4.74 Å². The van der Waals surface area contributed by atoms with Gasteiger partial charge >= 0.3 is 0 Å². The molecule has 1 aromatic heterocycles. The third kappa shape index (κ3) is 4.08. The van der Waals surface area contributed by atoms with Gasteiger partial charge in [0.15, 0.2) is 0 Å². The van der Waals surface area contributed by atoms with E-state index in [-0.39, 0.29) is 0 Å². The summed E-state index contributed by atoms with van der Waals surface area (Å²) in [7, 11) is 0. The predicted molar refractivity (Wildman–Crippen MR) is 106 cm³/mol. The lowest BCUT2D eigenvalue weighted by Gasteiger charge is -2.10. The molecule has 136 valence electrons. The lowest BCUT2D eigenvalue weighted by molar-refractivity contribution is 0.306. The largest absolute Gasteiger partial charge is 0.489 e. The zero-order chi connectivity index (χ0) is 19.2. The monoisotopic (exact) mass is 366 g/mol. The second-order valence-electron chi connectivity index (χ2n) is 6.38. The molecule has 0 saturated carbocycles. The minimum atomic E-state index is 0.509. The number of nitrogens with zero attached hydrogens (tertiary/aromatic N) is 4. The van der Waals surface area contributed by atoms with Gasteiger partial charge in [-0.15, -0.1) is 0 Å². The second-order valence-corrected chi connectivity index (χ2v) is 6.38. The van der Waals surface area contributed by atoms with Gasteiger partial charge in [-0.05, 0) is 46.5 Å². The fourth-order valence-corrected chi connectivity index (χ4v) is 2.99. The van der Waals surface area contributed by atoms with E-state index in [1.807, 2.05) is 72.8 Å². The molecule has 0 aliphatic rings. The molecule has 28 heavy (non-hydrogen) atoms. The van der Waals surface area contributed by atoms with Crippen molar-refractivity contribution in [1.82, 2.24) is 14.8 Å². The van der Waals surface area contributed by atoms with E-state index in [0.29, 0.717) is 18.7 Å². The number of aromatic nitrogens is 3. The van der Waals surface area contributed by atoms with Gasteiger partial charge in [-0.1, -0.05) is 48.5 Å². The van der Waals surface area contributed by atoms with E-state index in [4.69, 9.17) is 4.74 Å². The summed E-state index contributed by atoms with van der Waals surface area (Å²) in [5.74, 6) is 0.823. The van der Waals surface area contributed by atoms with Crippen LogP contribution >= 0.6 is 0 Å². The number of hydrogen-bond acceptors (Lipinski definition) is 4. The Morgan fingerprint density at radius 2 is 1.71 bits per heavy atom. The summed E-state index contributed by atoms with van der Waals surface area (Å²) >= 11 is 0. The van der Waals surface area contributed by atoms with Crippen molar-refractivity contribution in [2.45, 2.75) is 13.2 Å². The normalized spacial score (nSPS) is 10.4. The molecule has 5 heteroatoms. The van der Waals surface area contributed by atoms with E-state index in [9.17, 15) is 5.26 Å². The van der Waals surface area contributed by atoms with Gasteiger partial charge in [0, 0.05) is 0 Å². The van der Waals surface area contributed by atoms with Crippen LogP contribution in [-0.4, -0.2) is 14.8 Å². The highest BCUT2D eigenvalue weighted by Crippen LogP contribution is 2.25. The maximum atomic E-state index is 9.39. The van der Waals surface area contributed by atoms with Gasteiger partial charge in [-0.2, -0.15) is 10.4 Å². The van der Waals surface area contributed by atoms with Crippen LogP contribution in [0, 0.1) is 11.3 Å². The van der Waals surface area contributed by atoms with E-state index in [2.05, 4.69) is 16.2 Å². The molecular formula is C23H18N4O. The summed E-state index contributed by atoms with van der Waals surface area (Å²) in [5.41, 5.74) is 4.80. The molecule has 0 spiro atoms. The smallest absolute Gasteiger partial charge is 0.137 e. The topological polar surface area (TPSA) is 63.7 Å². The van der Waals surface area contributed by atoms with Crippen molar-refractivity contribution < 1.29 is 4.74 Å². The number of hydrogen-bond donors (Lipinski definition) is 0. The van der Waals surface area contributed by atoms with Gasteiger partial charge in [-0.3, -0.25) is 0 Å². The van der Waals surface area contributed by atoms with Crippen molar-refractivity contribution in [2.75, 3.05) is 0 Å². The van der Waals surface area contributed by atoms with Crippen LogP contribution in [0.3, 0.4) is 0 Å². The Balaban J connectivity index is 1.51. The number of rotatable bonds is 6. The van der Waals surface area contributed by atoms with Crippen molar-refractivity contribution in [3.63, 3.8) is 0 Å². The summed E-state index contributed by atoms with van der Waals surface area (Å²) in [6.07, 6.45) is 3.14. The summed E-state index contributed by atoms with van der Waals surface area (Å²) in [5, 5.41) is 13.5. The number of benzene rings is 3. The van der Waals surface area contributed by atoms with Crippen molar-refractivity contribution in [3.8, 4) is 22.9 Å². The maximum Gasteiger partial charge on any atom is 0.137 e. The molecule has 0 unspecified atom stereocenters. The molecule has 0 fully saturated rings. The van der Waals surface area contributed by atoms with Gasteiger partial charge in [0.1, 0.15) is 25.0 Å². The van der Waals surface area contributed by atoms with Crippen LogP contribution in [0.1, 0.15) is 16.7 Å². The molecule has 4 rings (SSSR count). The highest BCUT2D eigenvalue weighted by atomic mass is 16.5. The molecule has 0 bridgehead atoms. The van der Waals surface area contributed by atoms with Gasteiger partial charge in [-0.25, -0.2) is 9.67 Å². The van der Waals surface area contributed by atoms with Crippen LogP contribution in [0.4, 0.5) is 0 Å². The van der Waals surface area contributed by atoms with Crippen molar-refractivity contribution in [2.24, 2.45) is 0 Å². The molecule has 0 radical (unpaired) electrons. The van der Waals surface area contributed by atoms with Gasteiger partial charge in [0.2, 0.25) is 0 Å². The first-order valence-corrected chi connectivity index (χ1v) is 8.94. The van der Waals surface area contributed by atoms with Crippen LogP contribution in [0.15, 0.2) is 85.5 Å². The summed E-state index contributed by atoms with van der Waals surface area (Å²) in [6.45, 7) is 1.05. The fraction of sp³-hybridized carbons (Fsp3) is 0.0870. The Bertz CT molecular complexity index is 1080. The van der Waals surface area contributed by atoms with Gasteiger partial charge in [0.25, 0.3) is 0 Å². The third-order valence-electron chi connectivity index (χ3n) is 4.46. The summed E-state index contributed by atoms with van der Waals surface area (Å²) in [6, 6.07) is 26.2. The minimum absolute atomic E-state index is 0.509. The average molecular weight is 366 g/mol. The first kappa shape index (κ1) is 17.5. The minimum Gasteiger partial charge on any atom is -0.489 e. The number of nitriles is 1. The quantitative estimate of drug-likeness (QED) is 0.506. The molecule has 0 aliphatic heterocycles. The van der Waals surface area contributed by atoms with Crippen molar-refractivity contribution in [3.05, 3.63) is 102 Å². The zero-order valence-corrected chi connectivity index (χ0v) is 15.2. The van der Waals surface area contributed by atoms with Crippen LogP contribution in [-0.2, 0) is 13.2 Å².